The largest absolute Gasteiger partial charge is 0.360 e. The smallest absolute Gasteiger partial charge is 0.266 e. The fourth-order valence-corrected chi connectivity index (χ4v) is 3.03. The maximum atomic E-state index is 11.7. The highest BCUT2D eigenvalue weighted by Gasteiger charge is 2.32. The molecule has 110 valence electrons. The van der Waals surface area contributed by atoms with Crippen molar-refractivity contribution < 1.29 is 13.2 Å². The van der Waals surface area contributed by atoms with Gasteiger partial charge in [-0.1, -0.05) is 0 Å². The number of carbonyl (C=O) groups excluding carboxylic acids is 1. The fourth-order valence-electron chi connectivity index (χ4n) is 1.83. The van der Waals surface area contributed by atoms with Crippen LogP contribution in [-0.2, 0) is 10.0 Å². The summed E-state index contributed by atoms with van der Waals surface area (Å²) in [5.41, 5.74) is 0.564. The average molecular weight is 317 g/mol. The molecule has 2 heterocycles. The van der Waals surface area contributed by atoms with Crippen LogP contribution in [0.2, 0.25) is 0 Å². The molecule has 1 aliphatic rings. The molecular weight excluding hydrogens is 310 g/mol. The lowest BCUT2D eigenvalue weighted by molar-refractivity contribution is 0.0985. The number of rotatable bonds is 3. The van der Waals surface area contributed by atoms with E-state index >= 15 is 0 Å². The van der Waals surface area contributed by atoms with Gasteiger partial charge in [-0.3, -0.25) is 4.79 Å². The van der Waals surface area contributed by atoms with Crippen LogP contribution >= 0.6 is 0 Å². The molecule has 22 heavy (non-hydrogen) atoms. The normalized spacial score (nSPS) is 15.8. The Labute approximate surface area is 123 Å². The van der Waals surface area contributed by atoms with Crippen LogP contribution in [-0.4, -0.2) is 34.9 Å². The van der Waals surface area contributed by atoms with Crippen molar-refractivity contribution in [2.24, 2.45) is 0 Å². The number of aromatic nitrogens is 4. The molecule has 1 amide bonds. The molecule has 0 saturated heterocycles. The molecule has 0 radical (unpaired) electrons. The minimum atomic E-state index is -3.83. The van der Waals surface area contributed by atoms with Crippen LogP contribution < -0.4 is 10.0 Å². The van der Waals surface area contributed by atoms with Crippen LogP contribution in [0.4, 0.5) is 5.69 Å². The predicted molar refractivity (Wildman–Crippen MR) is 72.5 cm³/mol. The van der Waals surface area contributed by atoms with Gasteiger partial charge in [0, 0.05) is 11.9 Å². The van der Waals surface area contributed by atoms with Crippen LogP contribution in [0.1, 0.15) is 16.2 Å². The van der Waals surface area contributed by atoms with Crippen molar-refractivity contribution in [3.05, 3.63) is 35.8 Å². The third-order valence-corrected chi connectivity index (χ3v) is 4.20. The molecule has 0 aliphatic carbocycles. The molecule has 0 bridgehead atoms. The lowest BCUT2D eigenvalue weighted by Crippen LogP contribution is -2.20. The molecule has 0 saturated carbocycles. The van der Waals surface area contributed by atoms with Crippen molar-refractivity contribution in [3.63, 3.8) is 0 Å². The molecule has 1 aromatic carbocycles. The zero-order valence-corrected chi connectivity index (χ0v) is 11.5. The Morgan fingerprint density at radius 3 is 2.91 bits per heavy atom. The summed E-state index contributed by atoms with van der Waals surface area (Å²) in [5.74, 6) is -0.567. The van der Waals surface area contributed by atoms with Gasteiger partial charge in [0.15, 0.2) is 0 Å². The van der Waals surface area contributed by atoms with E-state index in [9.17, 15) is 13.2 Å². The van der Waals surface area contributed by atoms with Crippen molar-refractivity contribution in [1.82, 2.24) is 25.3 Å². The molecule has 0 unspecified atom stereocenters. The highest BCUT2D eigenvalue weighted by atomic mass is 32.2. The van der Waals surface area contributed by atoms with Gasteiger partial charge in [0.05, 0.1) is 5.56 Å². The van der Waals surface area contributed by atoms with Gasteiger partial charge < -0.3 is 5.32 Å². The highest BCUT2D eigenvalue weighted by molar-refractivity contribution is 7.90. The second-order valence-corrected chi connectivity index (χ2v) is 5.85. The second kappa shape index (κ2) is 4.93. The Kier molecular flexibility index (Phi) is 3.08. The third-order valence-electron chi connectivity index (χ3n) is 2.83. The number of allylic oxidation sites excluding steroid dienone is 1. The van der Waals surface area contributed by atoms with Gasteiger partial charge in [-0.05, 0) is 23.4 Å². The average Bonchev–Trinajstić information content (AvgIpc) is 3.08. The van der Waals surface area contributed by atoms with E-state index in [2.05, 4.69) is 25.9 Å². The molecular formula is C11H7N7O3S. The lowest BCUT2D eigenvalue weighted by Gasteiger charge is -2.03. The minimum Gasteiger partial charge on any atom is -0.360 e. The van der Waals surface area contributed by atoms with Crippen LogP contribution in [0.25, 0.3) is 5.57 Å². The first-order valence-electron chi connectivity index (χ1n) is 5.83. The van der Waals surface area contributed by atoms with Gasteiger partial charge in [0.1, 0.15) is 16.5 Å². The molecule has 10 nitrogen and oxygen atoms in total. The molecule has 3 N–H and O–H groups in total. The maximum absolute atomic E-state index is 11.7. The number of nitrogens with one attached hydrogen (secondary N) is 3. The van der Waals surface area contributed by atoms with Crippen molar-refractivity contribution in [1.29, 1.82) is 5.26 Å². The molecule has 0 fully saturated rings. The van der Waals surface area contributed by atoms with Gasteiger partial charge in [-0.25, -0.2) is 13.1 Å². The highest BCUT2D eigenvalue weighted by Crippen LogP contribution is 2.25. The van der Waals surface area contributed by atoms with Crippen LogP contribution in [0.5, 0.6) is 0 Å². The van der Waals surface area contributed by atoms with E-state index in [1.165, 1.54) is 24.4 Å². The number of fused-ring (bicyclic) bond motifs is 1. The van der Waals surface area contributed by atoms with E-state index in [4.69, 9.17) is 5.26 Å². The number of anilines is 1. The zero-order chi connectivity index (χ0) is 15.7. The van der Waals surface area contributed by atoms with Gasteiger partial charge in [-0.2, -0.15) is 10.5 Å². The number of tetrazole rings is 1. The summed E-state index contributed by atoms with van der Waals surface area (Å²) in [6, 6.07) is 6.07. The number of sulfonamides is 1. The Balaban J connectivity index is 1.92. The summed E-state index contributed by atoms with van der Waals surface area (Å²) in [6.07, 6.45) is 1.31. The molecule has 2 aromatic rings. The molecule has 3 rings (SSSR count). The number of carbonyl (C=O) groups is 1. The van der Waals surface area contributed by atoms with Crippen molar-refractivity contribution >= 4 is 27.2 Å². The Morgan fingerprint density at radius 1 is 1.41 bits per heavy atom. The number of hydrogen-bond acceptors (Lipinski definition) is 8. The summed E-state index contributed by atoms with van der Waals surface area (Å²) in [5, 5.41) is 24.7. The fraction of sp³-hybridized carbons (Fsp3) is 0. The number of amides is 1. The van der Waals surface area contributed by atoms with Gasteiger partial charge in [-0.15, -0.1) is 10.2 Å². The number of hydrogen-bond donors (Lipinski definition) is 3. The van der Waals surface area contributed by atoms with E-state index in [1.807, 2.05) is 10.8 Å². The minimum absolute atomic E-state index is 0.0770. The number of nitrogens with zero attached hydrogens (tertiary/aromatic N) is 4. The predicted octanol–water partition coefficient (Wildman–Crippen LogP) is -0.392. The third kappa shape index (κ3) is 2.27. The van der Waals surface area contributed by atoms with Crippen molar-refractivity contribution in [3.8, 4) is 6.07 Å². The number of nitriles is 1. The SMILES string of the molecule is N#CC(=CNc1ccc2c(c1)S(=O)(=O)NC2=O)c1nn[nH]n1. The van der Waals surface area contributed by atoms with Crippen LogP contribution in [0, 0.1) is 11.3 Å². The van der Waals surface area contributed by atoms with E-state index < -0.39 is 15.9 Å². The summed E-state index contributed by atoms with van der Waals surface area (Å²) in [6.45, 7) is 0. The van der Waals surface area contributed by atoms with Gasteiger partial charge in [0.25, 0.3) is 15.9 Å². The van der Waals surface area contributed by atoms with E-state index in [0.717, 1.165) is 0 Å². The molecule has 1 aliphatic heterocycles. The molecule has 11 heteroatoms. The van der Waals surface area contributed by atoms with E-state index in [1.54, 1.807) is 0 Å². The monoisotopic (exact) mass is 317 g/mol. The Bertz CT molecular complexity index is 925. The maximum Gasteiger partial charge on any atom is 0.266 e. The summed E-state index contributed by atoms with van der Waals surface area (Å²) in [4.78, 5) is 11.4. The second-order valence-electron chi connectivity index (χ2n) is 4.20. The van der Waals surface area contributed by atoms with Crippen LogP contribution in [0.3, 0.4) is 0 Å². The van der Waals surface area contributed by atoms with Gasteiger partial charge in [0.2, 0.25) is 5.82 Å². The number of aromatic amines is 1. The Morgan fingerprint density at radius 2 is 2.23 bits per heavy atom. The summed E-state index contributed by atoms with van der Waals surface area (Å²) in [7, 11) is -3.83. The molecule has 0 atom stereocenters. The van der Waals surface area contributed by atoms with E-state index in [-0.39, 0.29) is 21.9 Å². The first-order valence-corrected chi connectivity index (χ1v) is 7.31. The zero-order valence-electron chi connectivity index (χ0n) is 10.7. The van der Waals surface area contributed by atoms with Crippen LogP contribution in [0.15, 0.2) is 29.3 Å². The number of benzene rings is 1. The standard InChI is InChI=1S/C11H7N7O3S/c12-4-6(10-14-17-18-15-10)5-13-7-1-2-8-9(3-7)22(20,21)16-11(8)19/h1-3,5,13H,(H,16,19)(H,14,15,17,18). The quantitative estimate of drug-likeness (QED) is 0.647. The Hall–Kier alpha value is -3.26. The topological polar surface area (TPSA) is 154 Å². The first-order chi connectivity index (χ1) is 10.5. The van der Waals surface area contributed by atoms with Crippen molar-refractivity contribution in [2.45, 2.75) is 4.90 Å². The summed E-state index contributed by atoms with van der Waals surface area (Å²) < 4.78 is 25.4. The van der Waals surface area contributed by atoms with E-state index in [0.29, 0.717) is 5.69 Å². The molecule has 0 spiro atoms. The molecule has 1 aromatic heterocycles. The first kappa shape index (κ1) is 13.7. The summed E-state index contributed by atoms with van der Waals surface area (Å²) >= 11 is 0. The van der Waals surface area contributed by atoms with Gasteiger partial charge >= 0.3 is 0 Å². The lowest BCUT2D eigenvalue weighted by atomic mass is 10.2. The number of H-pyrrole nitrogens is 1. The van der Waals surface area contributed by atoms with Crippen molar-refractivity contribution in [2.75, 3.05) is 5.32 Å².